The molecule has 0 bridgehead atoms. The van der Waals surface area contributed by atoms with E-state index in [1.165, 1.54) is 0 Å². The van der Waals surface area contributed by atoms with E-state index in [4.69, 9.17) is 14.6 Å². The number of ether oxygens (including phenoxy) is 2. The van der Waals surface area contributed by atoms with Crippen molar-refractivity contribution in [1.29, 1.82) is 0 Å². The van der Waals surface area contributed by atoms with E-state index in [0.717, 1.165) is 11.1 Å². The molecule has 84 valence electrons. The molecule has 4 nitrogen and oxygen atoms in total. The van der Waals surface area contributed by atoms with Crippen molar-refractivity contribution in [3.63, 3.8) is 0 Å². The molecule has 0 aliphatic carbocycles. The normalized spacial score (nSPS) is 14.6. The van der Waals surface area contributed by atoms with Crippen LogP contribution in [0.3, 0.4) is 0 Å². The van der Waals surface area contributed by atoms with E-state index in [1.54, 1.807) is 26.0 Å². The molecule has 0 atom stereocenters. The molecule has 1 aromatic carbocycles. The van der Waals surface area contributed by atoms with Crippen molar-refractivity contribution in [1.82, 2.24) is 0 Å². The van der Waals surface area contributed by atoms with Crippen LogP contribution in [0.5, 0.6) is 11.5 Å². The van der Waals surface area contributed by atoms with Gasteiger partial charge in [0.25, 0.3) is 0 Å². The number of carbonyl (C=O) groups is 1. The molecule has 4 heteroatoms. The van der Waals surface area contributed by atoms with Crippen LogP contribution >= 0.6 is 0 Å². The maximum absolute atomic E-state index is 10.8. The summed E-state index contributed by atoms with van der Waals surface area (Å²) in [5, 5.41) is 8.89. The third-order valence-electron chi connectivity index (χ3n) is 2.69. The summed E-state index contributed by atoms with van der Waals surface area (Å²) in [5.41, 5.74) is 1.90. The van der Waals surface area contributed by atoms with Gasteiger partial charge < -0.3 is 14.6 Å². The fourth-order valence-electron chi connectivity index (χ4n) is 1.51. The third-order valence-corrected chi connectivity index (χ3v) is 2.69. The number of rotatable bonds is 2. The number of hydrogen-bond donors (Lipinski definition) is 1. The first-order chi connectivity index (χ1) is 7.59. The van der Waals surface area contributed by atoms with Crippen molar-refractivity contribution < 1.29 is 19.4 Å². The Bertz CT molecular complexity index is 474. The Morgan fingerprint density at radius 3 is 2.62 bits per heavy atom. The smallest absolute Gasteiger partial charge is 0.331 e. The van der Waals surface area contributed by atoms with Gasteiger partial charge in [0.05, 0.1) is 0 Å². The van der Waals surface area contributed by atoms with Crippen LogP contribution in [0.15, 0.2) is 23.8 Å². The number of aliphatic carboxylic acids is 1. The molecule has 16 heavy (non-hydrogen) atoms. The zero-order valence-corrected chi connectivity index (χ0v) is 9.11. The lowest BCUT2D eigenvalue weighted by molar-refractivity contribution is -0.132. The highest BCUT2D eigenvalue weighted by Crippen LogP contribution is 2.34. The molecule has 1 aromatic rings. The van der Waals surface area contributed by atoms with E-state index in [0.29, 0.717) is 17.1 Å². The second-order valence-electron chi connectivity index (χ2n) is 3.62. The molecule has 1 aliphatic heterocycles. The van der Waals surface area contributed by atoms with E-state index in [-0.39, 0.29) is 6.79 Å². The molecule has 0 amide bonds. The number of carboxylic acid groups (broad SMARTS) is 1. The molecule has 0 spiro atoms. The van der Waals surface area contributed by atoms with Crippen LogP contribution in [0.4, 0.5) is 0 Å². The number of benzene rings is 1. The van der Waals surface area contributed by atoms with E-state index in [1.807, 2.05) is 6.07 Å². The fourth-order valence-corrected chi connectivity index (χ4v) is 1.51. The van der Waals surface area contributed by atoms with E-state index in [9.17, 15) is 4.79 Å². The predicted molar refractivity (Wildman–Crippen MR) is 58.5 cm³/mol. The van der Waals surface area contributed by atoms with Crippen LogP contribution in [0.1, 0.15) is 19.4 Å². The molecule has 0 aromatic heterocycles. The minimum absolute atomic E-state index is 0.222. The Balaban J connectivity index is 2.42. The predicted octanol–water partition coefficient (Wildman–Crippen LogP) is 2.29. The zero-order valence-electron chi connectivity index (χ0n) is 9.11. The van der Waals surface area contributed by atoms with Crippen LogP contribution < -0.4 is 9.47 Å². The Labute approximate surface area is 93.1 Å². The van der Waals surface area contributed by atoms with Gasteiger partial charge in [0.1, 0.15) is 0 Å². The van der Waals surface area contributed by atoms with Crippen molar-refractivity contribution >= 4 is 11.5 Å². The summed E-state index contributed by atoms with van der Waals surface area (Å²) < 4.78 is 10.4. The van der Waals surface area contributed by atoms with E-state index >= 15 is 0 Å². The quantitative estimate of drug-likeness (QED) is 0.777. The first-order valence-corrected chi connectivity index (χ1v) is 4.90. The minimum atomic E-state index is -0.907. The van der Waals surface area contributed by atoms with Gasteiger partial charge in [-0.25, -0.2) is 4.79 Å². The van der Waals surface area contributed by atoms with Crippen LogP contribution in [0.25, 0.3) is 5.57 Å². The minimum Gasteiger partial charge on any atom is -0.478 e. The van der Waals surface area contributed by atoms with Crippen LogP contribution in [0.2, 0.25) is 0 Å². The van der Waals surface area contributed by atoms with Crippen molar-refractivity contribution in [2.75, 3.05) is 6.79 Å². The van der Waals surface area contributed by atoms with Crippen LogP contribution in [-0.2, 0) is 4.79 Å². The summed E-state index contributed by atoms with van der Waals surface area (Å²) in [7, 11) is 0. The van der Waals surface area contributed by atoms with Gasteiger partial charge in [0.2, 0.25) is 6.79 Å². The Hall–Kier alpha value is -1.97. The fraction of sp³-hybridized carbons (Fsp3) is 0.250. The van der Waals surface area contributed by atoms with Gasteiger partial charge in [-0.2, -0.15) is 0 Å². The summed E-state index contributed by atoms with van der Waals surface area (Å²) in [6.07, 6.45) is 0. The van der Waals surface area contributed by atoms with Gasteiger partial charge in [0.15, 0.2) is 11.5 Å². The highest BCUT2D eigenvalue weighted by Gasteiger charge is 2.15. The Morgan fingerprint density at radius 2 is 1.94 bits per heavy atom. The lowest BCUT2D eigenvalue weighted by Crippen LogP contribution is -1.99. The lowest BCUT2D eigenvalue weighted by Gasteiger charge is -2.05. The molecule has 1 aliphatic rings. The lowest BCUT2D eigenvalue weighted by atomic mass is 10.0. The van der Waals surface area contributed by atoms with Crippen molar-refractivity contribution in [3.05, 3.63) is 29.3 Å². The molecule has 0 saturated carbocycles. The molecular weight excluding hydrogens is 208 g/mol. The second-order valence-corrected chi connectivity index (χ2v) is 3.62. The number of hydrogen-bond acceptors (Lipinski definition) is 3. The third kappa shape index (κ3) is 1.74. The molecule has 0 fully saturated rings. The summed E-state index contributed by atoms with van der Waals surface area (Å²) in [4.78, 5) is 10.8. The van der Waals surface area contributed by atoms with Crippen molar-refractivity contribution in [3.8, 4) is 11.5 Å². The molecule has 2 rings (SSSR count). The van der Waals surface area contributed by atoms with Crippen molar-refractivity contribution in [2.45, 2.75) is 13.8 Å². The second kappa shape index (κ2) is 3.89. The molecule has 0 saturated heterocycles. The summed E-state index contributed by atoms with van der Waals surface area (Å²) in [6.45, 7) is 3.59. The van der Waals surface area contributed by atoms with Gasteiger partial charge in [-0.3, -0.25) is 0 Å². The monoisotopic (exact) mass is 220 g/mol. The van der Waals surface area contributed by atoms with Crippen LogP contribution in [-0.4, -0.2) is 17.9 Å². The van der Waals surface area contributed by atoms with E-state index in [2.05, 4.69) is 0 Å². The first-order valence-electron chi connectivity index (χ1n) is 4.90. The Morgan fingerprint density at radius 1 is 1.25 bits per heavy atom. The molecule has 0 radical (unpaired) electrons. The number of allylic oxidation sites excluding steroid dienone is 1. The highest BCUT2D eigenvalue weighted by atomic mass is 16.7. The topological polar surface area (TPSA) is 55.8 Å². The molecule has 0 unspecified atom stereocenters. The summed E-state index contributed by atoms with van der Waals surface area (Å²) in [6, 6.07) is 5.41. The largest absolute Gasteiger partial charge is 0.478 e. The molecule has 1 heterocycles. The van der Waals surface area contributed by atoms with Crippen LogP contribution in [0, 0.1) is 0 Å². The van der Waals surface area contributed by atoms with Gasteiger partial charge in [0, 0.05) is 5.57 Å². The standard InChI is InChI=1S/C12H12O4/c1-7(8(2)12(13)14)9-3-4-10-11(5-9)16-6-15-10/h3-5H,6H2,1-2H3,(H,13,14). The SMILES string of the molecule is CC(C(=O)O)=C(C)c1ccc2c(c1)OCO2. The van der Waals surface area contributed by atoms with Gasteiger partial charge in [-0.05, 0) is 37.1 Å². The molecular formula is C12H12O4. The average Bonchev–Trinajstić information content (AvgIpc) is 2.73. The van der Waals surface area contributed by atoms with Gasteiger partial charge in [-0.1, -0.05) is 6.07 Å². The maximum Gasteiger partial charge on any atom is 0.331 e. The highest BCUT2D eigenvalue weighted by molar-refractivity contribution is 5.95. The first kappa shape index (κ1) is 10.5. The Kier molecular flexibility index (Phi) is 2.56. The summed E-state index contributed by atoms with van der Waals surface area (Å²) in [5.74, 6) is 0.453. The van der Waals surface area contributed by atoms with Gasteiger partial charge in [-0.15, -0.1) is 0 Å². The zero-order chi connectivity index (χ0) is 11.7. The summed E-state index contributed by atoms with van der Waals surface area (Å²) >= 11 is 0. The van der Waals surface area contributed by atoms with Crippen molar-refractivity contribution in [2.24, 2.45) is 0 Å². The van der Waals surface area contributed by atoms with Gasteiger partial charge >= 0.3 is 5.97 Å². The number of carboxylic acids is 1. The maximum atomic E-state index is 10.8. The molecule has 1 N–H and O–H groups in total. The average molecular weight is 220 g/mol. The van der Waals surface area contributed by atoms with E-state index < -0.39 is 5.97 Å². The number of fused-ring (bicyclic) bond motifs is 1.